The average molecular weight is 396 g/mol. The monoisotopic (exact) mass is 395 g/mol. The highest BCUT2D eigenvalue weighted by Gasteiger charge is 2.16. The van der Waals surface area contributed by atoms with E-state index >= 15 is 0 Å². The zero-order valence-corrected chi connectivity index (χ0v) is 16.2. The standard InChI is InChI=1S/C20H17N3O2S2/c1-14-16(19-22-18-11-6-12-21-20(18)26-19)9-5-10-17(14)23-27(24,25)13-15-7-3-2-4-8-15/h2-12,23H,13H2,1H3. The normalized spacial score (nSPS) is 11.6. The maximum absolute atomic E-state index is 12.6. The van der Waals surface area contributed by atoms with Gasteiger partial charge in [-0.15, -0.1) is 0 Å². The molecule has 136 valence electrons. The first-order chi connectivity index (χ1) is 13.0. The van der Waals surface area contributed by atoms with Gasteiger partial charge in [-0.2, -0.15) is 0 Å². The summed E-state index contributed by atoms with van der Waals surface area (Å²) in [6, 6.07) is 18.5. The van der Waals surface area contributed by atoms with Crippen molar-refractivity contribution in [2.75, 3.05) is 4.72 Å². The van der Waals surface area contributed by atoms with Gasteiger partial charge >= 0.3 is 0 Å². The van der Waals surface area contributed by atoms with Crippen LogP contribution in [0.4, 0.5) is 5.69 Å². The molecule has 27 heavy (non-hydrogen) atoms. The van der Waals surface area contributed by atoms with E-state index in [1.165, 1.54) is 11.3 Å². The summed E-state index contributed by atoms with van der Waals surface area (Å²) in [5.41, 5.74) is 3.89. The molecular formula is C20H17N3O2S2. The highest BCUT2D eigenvalue weighted by molar-refractivity contribution is 7.91. The SMILES string of the molecule is Cc1c(NS(=O)(=O)Cc2ccccc2)cccc1-c1nc2cccnc2s1. The minimum Gasteiger partial charge on any atom is -0.283 e. The molecule has 4 aromatic rings. The van der Waals surface area contributed by atoms with Gasteiger partial charge in [-0.05, 0) is 36.2 Å². The molecule has 0 fully saturated rings. The molecule has 2 heterocycles. The number of aromatic nitrogens is 2. The second-order valence-electron chi connectivity index (χ2n) is 6.17. The molecule has 0 bridgehead atoms. The van der Waals surface area contributed by atoms with E-state index in [0.717, 1.165) is 32.0 Å². The zero-order valence-electron chi connectivity index (χ0n) is 14.6. The Kier molecular flexibility index (Phi) is 4.63. The first-order valence-electron chi connectivity index (χ1n) is 8.38. The van der Waals surface area contributed by atoms with Crippen LogP contribution >= 0.6 is 11.3 Å². The molecule has 1 N–H and O–H groups in total. The fraction of sp³-hybridized carbons (Fsp3) is 0.100. The maximum Gasteiger partial charge on any atom is 0.236 e. The van der Waals surface area contributed by atoms with Crippen LogP contribution in [0.2, 0.25) is 0 Å². The Labute approximate surface area is 161 Å². The summed E-state index contributed by atoms with van der Waals surface area (Å²) in [7, 11) is -3.51. The Balaban J connectivity index is 1.65. The van der Waals surface area contributed by atoms with E-state index in [2.05, 4.69) is 14.7 Å². The molecule has 0 aliphatic carbocycles. The van der Waals surface area contributed by atoms with Gasteiger partial charge in [-0.25, -0.2) is 18.4 Å². The molecule has 2 aromatic heterocycles. The summed E-state index contributed by atoms with van der Waals surface area (Å²) < 4.78 is 27.9. The number of benzene rings is 2. The van der Waals surface area contributed by atoms with Crippen molar-refractivity contribution in [3.8, 4) is 10.6 Å². The van der Waals surface area contributed by atoms with Crippen LogP contribution in [0.15, 0.2) is 66.9 Å². The Morgan fingerprint density at radius 3 is 2.59 bits per heavy atom. The van der Waals surface area contributed by atoms with Crippen molar-refractivity contribution in [2.24, 2.45) is 0 Å². The lowest BCUT2D eigenvalue weighted by atomic mass is 10.1. The van der Waals surface area contributed by atoms with Crippen molar-refractivity contribution in [3.05, 3.63) is 78.0 Å². The molecule has 0 unspecified atom stereocenters. The molecule has 5 nitrogen and oxygen atoms in total. The average Bonchev–Trinajstić information content (AvgIpc) is 3.07. The summed E-state index contributed by atoms with van der Waals surface area (Å²) in [5, 5.41) is 0.824. The maximum atomic E-state index is 12.6. The van der Waals surface area contributed by atoms with Crippen LogP contribution in [0.1, 0.15) is 11.1 Å². The highest BCUT2D eigenvalue weighted by Crippen LogP contribution is 2.34. The van der Waals surface area contributed by atoms with Crippen molar-refractivity contribution in [1.29, 1.82) is 0 Å². The number of hydrogen-bond donors (Lipinski definition) is 1. The lowest BCUT2D eigenvalue weighted by Gasteiger charge is -2.13. The van der Waals surface area contributed by atoms with Crippen molar-refractivity contribution < 1.29 is 8.42 Å². The lowest BCUT2D eigenvalue weighted by molar-refractivity contribution is 0.600. The molecule has 0 radical (unpaired) electrons. The lowest BCUT2D eigenvalue weighted by Crippen LogP contribution is -2.16. The number of thiazole rings is 1. The van der Waals surface area contributed by atoms with Crippen molar-refractivity contribution in [2.45, 2.75) is 12.7 Å². The molecule has 7 heteroatoms. The first-order valence-corrected chi connectivity index (χ1v) is 10.8. The number of anilines is 1. The fourth-order valence-corrected chi connectivity index (χ4v) is 5.11. The molecule has 4 rings (SSSR count). The molecule has 0 amide bonds. The topological polar surface area (TPSA) is 72.0 Å². The summed E-state index contributed by atoms with van der Waals surface area (Å²) in [6.07, 6.45) is 1.74. The Hall–Kier alpha value is -2.77. The third-order valence-corrected chi connectivity index (χ3v) is 6.45. The second-order valence-corrected chi connectivity index (χ2v) is 8.87. The van der Waals surface area contributed by atoms with E-state index in [4.69, 9.17) is 0 Å². The minimum absolute atomic E-state index is 0.0669. The van der Waals surface area contributed by atoms with Crippen molar-refractivity contribution >= 4 is 37.4 Å². The predicted octanol–water partition coefficient (Wildman–Crippen LogP) is 4.61. The summed E-state index contributed by atoms with van der Waals surface area (Å²) in [6.45, 7) is 1.90. The predicted molar refractivity (Wildman–Crippen MR) is 110 cm³/mol. The van der Waals surface area contributed by atoms with Crippen LogP contribution in [-0.2, 0) is 15.8 Å². The Morgan fingerprint density at radius 2 is 1.81 bits per heavy atom. The molecule has 0 spiro atoms. The molecular weight excluding hydrogens is 378 g/mol. The van der Waals surface area contributed by atoms with E-state index in [0.29, 0.717) is 5.69 Å². The Morgan fingerprint density at radius 1 is 1.00 bits per heavy atom. The molecule has 2 aromatic carbocycles. The number of sulfonamides is 1. The van der Waals surface area contributed by atoms with Gasteiger partial charge in [-0.1, -0.05) is 53.8 Å². The van der Waals surface area contributed by atoms with Crippen LogP contribution in [-0.4, -0.2) is 18.4 Å². The number of nitrogens with one attached hydrogen (secondary N) is 1. The smallest absolute Gasteiger partial charge is 0.236 e. The minimum atomic E-state index is -3.51. The number of hydrogen-bond acceptors (Lipinski definition) is 5. The van der Waals surface area contributed by atoms with Gasteiger partial charge in [0.2, 0.25) is 10.0 Å². The van der Waals surface area contributed by atoms with Gasteiger partial charge in [-0.3, -0.25) is 4.72 Å². The van der Waals surface area contributed by atoms with E-state index < -0.39 is 10.0 Å². The van der Waals surface area contributed by atoms with Crippen LogP contribution in [0, 0.1) is 6.92 Å². The van der Waals surface area contributed by atoms with Crippen LogP contribution in [0.25, 0.3) is 20.9 Å². The molecule has 0 saturated carbocycles. The number of rotatable bonds is 5. The number of pyridine rings is 1. The number of fused-ring (bicyclic) bond motifs is 1. The summed E-state index contributed by atoms with van der Waals surface area (Å²) in [5.74, 6) is -0.0669. The quantitative estimate of drug-likeness (QED) is 0.536. The van der Waals surface area contributed by atoms with E-state index in [-0.39, 0.29) is 5.75 Å². The van der Waals surface area contributed by atoms with Gasteiger partial charge in [0.25, 0.3) is 0 Å². The van der Waals surface area contributed by atoms with Gasteiger partial charge in [0.1, 0.15) is 15.4 Å². The van der Waals surface area contributed by atoms with E-state index in [1.54, 1.807) is 24.4 Å². The van der Waals surface area contributed by atoms with Crippen molar-refractivity contribution in [3.63, 3.8) is 0 Å². The molecule has 0 saturated heterocycles. The molecule has 0 aliphatic heterocycles. The van der Waals surface area contributed by atoms with E-state index in [9.17, 15) is 8.42 Å². The highest BCUT2D eigenvalue weighted by atomic mass is 32.2. The molecule has 0 aliphatic rings. The van der Waals surface area contributed by atoms with Gasteiger partial charge in [0.05, 0.1) is 11.4 Å². The van der Waals surface area contributed by atoms with Crippen LogP contribution < -0.4 is 4.72 Å². The van der Waals surface area contributed by atoms with Crippen LogP contribution in [0.3, 0.4) is 0 Å². The Bertz CT molecular complexity index is 1170. The third-order valence-electron chi connectivity index (χ3n) is 4.20. The van der Waals surface area contributed by atoms with E-state index in [1.807, 2.05) is 49.4 Å². The molecule has 0 atom stereocenters. The van der Waals surface area contributed by atoms with Gasteiger partial charge < -0.3 is 0 Å². The second kappa shape index (κ2) is 7.09. The fourth-order valence-electron chi connectivity index (χ4n) is 2.86. The first kappa shape index (κ1) is 17.6. The summed E-state index contributed by atoms with van der Waals surface area (Å²) >= 11 is 1.49. The van der Waals surface area contributed by atoms with Gasteiger partial charge in [0.15, 0.2) is 0 Å². The largest absolute Gasteiger partial charge is 0.283 e. The summed E-state index contributed by atoms with van der Waals surface area (Å²) in [4.78, 5) is 9.82. The van der Waals surface area contributed by atoms with Crippen LogP contribution in [0.5, 0.6) is 0 Å². The number of nitrogens with zero attached hydrogens (tertiary/aromatic N) is 2. The van der Waals surface area contributed by atoms with Gasteiger partial charge in [0, 0.05) is 11.8 Å². The zero-order chi connectivity index (χ0) is 18.9. The third kappa shape index (κ3) is 3.84. The van der Waals surface area contributed by atoms with Crippen molar-refractivity contribution in [1.82, 2.24) is 9.97 Å².